The largest absolute Gasteiger partial charge is 0.329 e. The van der Waals surface area contributed by atoms with Crippen molar-refractivity contribution in [1.82, 2.24) is 4.90 Å². The van der Waals surface area contributed by atoms with E-state index >= 15 is 0 Å². The van der Waals surface area contributed by atoms with Gasteiger partial charge in [0.25, 0.3) is 0 Å². The molecule has 0 radical (unpaired) electrons. The third kappa shape index (κ3) is 1.41. The lowest BCUT2D eigenvalue weighted by Crippen LogP contribution is -2.36. The third-order valence-corrected chi connectivity index (χ3v) is 4.06. The predicted octanol–water partition coefficient (Wildman–Crippen LogP) is 1.54. The minimum atomic E-state index is 0.454. The molecule has 0 saturated carbocycles. The molecule has 0 amide bonds. The van der Waals surface area contributed by atoms with E-state index in [1.54, 1.807) is 4.88 Å². The van der Waals surface area contributed by atoms with E-state index in [9.17, 15) is 0 Å². The zero-order valence-corrected chi connectivity index (χ0v) is 9.03. The molecule has 13 heavy (non-hydrogen) atoms. The lowest BCUT2D eigenvalue weighted by atomic mass is 9.97. The Morgan fingerprint density at radius 2 is 2.46 bits per heavy atom. The first-order valence-electron chi connectivity index (χ1n) is 4.71. The zero-order valence-electron chi connectivity index (χ0n) is 8.21. The molecule has 3 heteroatoms. The Kier molecular flexibility index (Phi) is 2.41. The van der Waals surface area contributed by atoms with E-state index in [4.69, 9.17) is 5.73 Å². The van der Waals surface area contributed by atoms with Gasteiger partial charge in [-0.15, -0.1) is 11.3 Å². The molecule has 0 saturated heterocycles. The lowest BCUT2D eigenvalue weighted by molar-refractivity contribution is 0.238. The fourth-order valence-corrected chi connectivity index (χ4v) is 3.18. The summed E-state index contributed by atoms with van der Waals surface area (Å²) in [7, 11) is 2.16. The van der Waals surface area contributed by atoms with Gasteiger partial charge in [-0.1, -0.05) is 0 Å². The number of fused-ring (bicyclic) bond motifs is 1. The topological polar surface area (TPSA) is 29.3 Å². The number of hydrogen-bond donors (Lipinski definition) is 1. The smallest absolute Gasteiger partial charge is 0.0481 e. The Labute approximate surface area is 83.4 Å². The van der Waals surface area contributed by atoms with Gasteiger partial charge in [-0.25, -0.2) is 0 Å². The predicted molar refractivity (Wildman–Crippen MR) is 57.2 cm³/mol. The maximum Gasteiger partial charge on any atom is 0.0481 e. The zero-order chi connectivity index (χ0) is 9.42. The minimum Gasteiger partial charge on any atom is -0.329 e. The van der Waals surface area contributed by atoms with Crippen molar-refractivity contribution >= 4 is 11.3 Å². The summed E-state index contributed by atoms with van der Waals surface area (Å²) >= 11 is 1.89. The summed E-state index contributed by atoms with van der Waals surface area (Å²) in [6.07, 6.45) is 1.20. The molecule has 1 aliphatic rings. The van der Waals surface area contributed by atoms with E-state index in [1.807, 2.05) is 11.3 Å². The van der Waals surface area contributed by atoms with Crippen LogP contribution in [0, 0.1) is 6.92 Å². The first-order valence-corrected chi connectivity index (χ1v) is 5.59. The second kappa shape index (κ2) is 3.40. The molecular formula is C10H16N2S. The number of thiophene rings is 1. The summed E-state index contributed by atoms with van der Waals surface area (Å²) in [6.45, 7) is 4.08. The van der Waals surface area contributed by atoms with Gasteiger partial charge in [0.15, 0.2) is 0 Å². The highest BCUT2D eigenvalue weighted by Crippen LogP contribution is 2.34. The van der Waals surface area contributed by atoms with Crippen LogP contribution in [0.25, 0.3) is 0 Å². The fraction of sp³-hybridized carbons (Fsp3) is 0.600. The Bertz CT molecular complexity index is 306. The van der Waals surface area contributed by atoms with Gasteiger partial charge in [0, 0.05) is 24.0 Å². The molecule has 2 rings (SSSR count). The molecule has 72 valence electrons. The molecule has 1 aromatic rings. The second-order valence-corrected chi connectivity index (χ2v) is 4.70. The van der Waals surface area contributed by atoms with Gasteiger partial charge in [-0.2, -0.15) is 0 Å². The summed E-state index contributed by atoms with van der Waals surface area (Å²) in [6, 6.07) is 0.454. The molecule has 2 heterocycles. The molecule has 0 fully saturated rings. The van der Waals surface area contributed by atoms with Crippen LogP contribution in [0.4, 0.5) is 0 Å². The quantitative estimate of drug-likeness (QED) is 0.738. The van der Waals surface area contributed by atoms with Crippen molar-refractivity contribution in [1.29, 1.82) is 0 Å². The molecule has 0 aromatic carbocycles. The molecule has 0 bridgehead atoms. The molecule has 1 aromatic heterocycles. The van der Waals surface area contributed by atoms with E-state index in [0.29, 0.717) is 6.04 Å². The van der Waals surface area contributed by atoms with Gasteiger partial charge in [0.1, 0.15) is 0 Å². The molecule has 1 atom stereocenters. The normalized spacial score (nSPS) is 23.2. The highest BCUT2D eigenvalue weighted by molar-refractivity contribution is 7.10. The maximum atomic E-state index is 5.80. The third-order valence-electron chi connectivity index (χ3n) is 2.88. The Morgan fingerprint density at radius 1 is 1.69 bits per heavy atom. The maximum absolute atomic E-state index is 5.80. The number of nitrogens with two attached hydrogens (primary N) is 1. The van der Waals surface area contributed by atoms with E-state index < -0.39 is 0 Å². The van der Waals surface area contributed by atoms with Gasteiger partial charge < -0.3 is 5.73 Å². The number of likely N-dealkylation sites (N-methyl/N-ethyl adjacent to an activating group) is 1. The average molecular weight is 196 g/mol. The van der Waals surface area contributed by atoms with Crippen LogP contribution in [0.1, 0.15) is 22.0 Å². The number of rotatable bonds is 1. The Balaban J connectivity index is 2.42. The molecule has 1 aliphatic heterocycles. The van der Waals surface area contributed by atoms with Crippen LogP contribution < -0.4 is 5.73 Å². The van der Waals surface area contributed by atoms with Crippen molar-refractivity contribution in [3.63, 3.8) is 0 Å². The molecule has 0 aliphatic carbocycles. The van der Waals surface area contributed by atoms with E-state index in [2.05, 4.69) is 24.3 Å². The Hall–Kier alpha value is -0.380. The van der Waals surface area contributed by atoms with Crippen LogP contribution in [0.15, 0.2) is 5.38 Å². The molecule has 2 nitrogen and oxygen atoms in total. The van der Waals surface area contributed by atoms with Crippen molar-refractivity contribution in [2.45, 2.75) is 19.4 Å². The standard InChI is InChI=1S/C10H16N2S/c1-7-6-13-9-3-4-12(2)8(5-11)10(7)9/h6,8H,3-5,11H2,1-2H3. The molecule has 2 N–H and O–H groups in total. The van der Waals surface area contributed by atoms with E-state index in [1.165, 1.54) is 17.5 Å². The SMILES string of the molecule is Cc1csc2c1C(CN)N(C)CC2. The second-order valence-electron chi connectivity index (χ2n) is 3.74. The van der Waals surface area contributed by atoms with Crippen molar-refractivity contribution in [2.24, 2.45) is 5.73 Å². The summed E-state index contributed by atoms with van der Waals surface area (Å²) in [5, 5.41) is 2.26. The van der Waals surface area contributed by atoms with Crippen LogP contribution in [-0.4, -0.2) is 25.0 Å². The van der Waals surface area contributed by atoms with Crippen LogP contribution in [0.2, 0.25) is 0 Å². The Morgan fingerprint density at radius 3 is 3.15 bits per heavy atom. The van der Waals surface area contributed by atoms with Crippen molar-refractivity contribution in [2.75, 3.05) is 20.1 Å². The highest BCUT2D eigenvalue weighted by Gasteiger charge is 2.26. The molecule has 1 unspecified atom stereocenters. The van der Waals surface area contributed by atoms with Crippen molar-refractivity contribution in [3.8, 4) is 0 Å². The summed E-state index contributed by atoms with van der Waals surface area (Å²) in [5.74, 6) is 0. The average Bonchev–Trinajstić information content (AvgIpc) is 2.49. The van der Waals surface area contributed by atoms with E-state index in [0.717, 1.165) is 13.1 Å². The van der Waals surface area contributed by atoms with Gasteiger partial charge in [0.2, 0.25) is 0 Å². The summed E-state index contributed by atoms with van der Waals surface area (Å²) in [5.41, 5.74) is 8.72. The van der Waals surface area contributed by atoms with Crippen LogP contribution in [0.3, 0.4) is 0 Å². The number of aryl methyl sites for hydroxylation is 1. The number of nitrogens with zero attached hydrogens (tertiary/aromatic N) is 1. The van der Waals surface area contributed by atoms with Gasteiger partial charge in [-0.05, 0) is 36.9 Å². The van der Waals surface area contributed by atoms with Crippen LogP contribution in [-0.2, 0) is 6.42 Å². The number of hydrogen-bond acceptors (Lipinski definition) is 3. The highest BCUT2D eigenvalue weighted by atomic mass is 32.1. The van der Waals surface area contributed by atoms with E-state index in [-0.39, 0.29) is 0 Å². The van der Waals surface area contributed by atoms with Gasteiger partial charge in [-0.3, -0.25) is 4.90 Å². The van der Waals surface area contributed by atoms with Crippen LogP contribution >= 0.6 is 11.3 Å². The van der Waals surface area contributed by atoms with Crippen LogP contribution in [0.5, 0.6) is 0 Å². The summed E-state index contributed by atoms with van der Waals surface area (Å²) < 4.78 is 0. The van der Waals surface area contributed by atoms with Gasteiger partial charge >= 0.3 is 0 Å². The van der Waals surface area contributed by atoms with Crippen molar-refractivity contribution in [3.05, 3.63) is 21.4 Å². The molecular weight excluding hydrogens is 180 g/mol. The monoisotopic (exact) mass is 196 g/mol. The fourth-order valence-electron chi connectivity index (χ4n) is 2.10. The lowest BCUT2D eigenvalue weighted by Gasteiger charge is -2.32. The first-order chi connectivity index (χ1) is 6.24. The van der Waals surface area contributed by atoms with Gasteiger partial charge in [0.05, 0.1) is 0 Å². The van der Waals surface area contributed by atoms with Crippen molar-refractivity contribution < 1.29 is 0 Å². The summed E-state index contributed by atoms with van der Waals surface area (Å²) in [4.78, 5) is 3.91. The minimum absolute atomic E-state index is 0.454. The first kappa shape index (κ1) is 9.19. The molecule has 0 spiro atoms.